The summed E-state index contributed by atoms with van der Waals surface area (Å²) in [6, 6.07) is 9.72. The fraction of sp³-hybridized carbons (Fsp3) is 0.250. The number of fused-ring (bicyclic) bond motifs is 1. The zero-order chi connectivity index (χ0) is 22.1. The van der Waals surface area contributed by atoms with E-state index in [9.17, 15) is 14.9 Å². The SMILES string of the molecule is COc1cc2ncnc(N(C(=O)OC(C)(C)C)c3cccc(Br)c3)c2cc1[N+](=O)[O-]. The highest BCUT2D eigenvalue weighted by molar-refractivity contribution is 9.10. The number of amides is 1. The number of ether oxygens (including phenoxy) is 2. The van der Waals surface area contributed by atoms with Crippen molar-refractivity contribution in [3.63, 3.8) is 0 Å². The molecule has 0 bridgehead atoms. The number of carbonyl (C=O) groups is 1. The van der Waals surface area contributed by atoms with Crippen LogP contribution in [-0.2, 0) is 4.74 Å². The Labute approximate surface area is 180 Å². The van der Waals surface area contributed by atoms with Gasteiger partial charge in [0, 0.05) is 16.6 Å². The van der Waals surface area contributed by atoms with Crippen LogP contribution in [0.5, 0.6) is 5.75 Å². The third-order valence-electron chi connectivity index (χ3n) is 3.97. The average molecular weight is 475 g/mol. The number of aromatic nitrogens is 2. The molecule has 0 N–H and O–H groups in total. The first-order valence-electron chi connectivity index (χ1n) is 8.86. The largest absolute Gasteiger partial charge is 0.490 e. The van der Waals surface area contributed by atoms with Gasteiger partial charge in [0.2, 0.25) is 0 Å². The lowest BCUT2D eigenvalue weighted by atomic mass is 10.1. The number of carbonyl (C=O) groups excluding carboxylic acids is 1. The topological polar surface area (TPSA) is 108 Å². The Morgan fingerprint density at radius 3 is 2.53 bits per heavy atom. The van der Waals surface area contributed by atoms with Gasteiger partial charge in [0.05, 0.1) is 28.6 Å². The number of anilines is 2. The van der Waals surface area contributed by atoms with Gasteiger partial charge in [0.25, 0.3) is 0 Å². The second kappa shape index (κ2) is 8.23. The summed E-state index contributed by atoms with van der Waals surface area (Å²) in [6.45, 7) is 5.24. The Kier molecular flexibility index (Phi) is 5.88. The summed E-state index contributed by atoms with van der Waals surface area (Å²) in [5.41, 5.74) is -0.179. The highest BCUT2D eigenvalue weighted by atomic mass is 79.9. The van der Waals surface area contributed by atoms with Crippen LogP contribution in [0.1, 0.15) is 20.8 Å². The summed E-state index contributed by atoms with van der Waals surface area (Å²) < 4.78 is 11.4. The second-order valence-corrected chi connectivity index (χ2v) is 8.21. The van der Waals surface area contributed by atoms with Gasteiger partial charge < -0.3 is 9.47 Å². The van der Waals surface area contributed by atoms with Gasteiger partial charge in [-0.05, 0) is 39.0 Å². The van der Waals surface area contributed by atoms with Gasteiger partial charge in [-0.25, -0.2) is 19.7 Å². The molecule has 0 aliphatic heterocycles. The molecule has 10 heteroatoms. The summed E-state index contributed by atoms with van der Waals surface area (Å²) in [5.74, 6) is 0.210. The van der Waals surface area contributed by atoms with Crippen molar-refractivity contribution >= 4 is 50.1 Å². The van der Waals surface area contributed by atoms with Crippen LogP contribution >= 0.6 is 15.9 Å². The average Bonchev–Trinajstić information content (AvgIpc) is 2.66. The van der Waals surface area contributed by atoms with E-state index in [2.05, 4.69) is 25.9 Å². The summed E-state index contributed by atoms with van der Waals surface area (Å²) >= 11 is 3.40. The Bertz CT molecular complexity index is 1130. The van der Waals surface area contributed by atoms with Crippen LogP contribution in [0.15, 0.2) is 47.2 Å². The Hall–Kier alpha value is -3.27. The molecule has 156 valence electrons. The number of methoxy groups -OCH3 is 1. The van der Waals surface area contributed by atoms with E-state index in [-0.39, 0.29) is 17.3 Å². The first-order valence-corrected chi connectivity index (χ1v) is 9.66. The molecule has 0 fully saturated rings. The van der Waals surface area contributed by atoms with Crippen LogP contribution in [-0.4, -0.2) is 33.7 Å². The zero-order valence-corrected chi connectivity index (χ0v) is 18.3. The molecule has 0 saturated carbocycles. The zero-order valence-electron chi connectivity index (χ0n) is 16.7. The molecule has 0 atom stereocenters. The van der Waals surface area contributed by atoms with Crippen LogP contribution in [0.3, 0.4) is 0 Å². The van der Waals surface area contributed by atoms with Crippen molar-refractivity contribution in [1.29, 1.82) is 0 Å². The van der Waals surface area contributed by atoms with E-state index in [1.807, 2.05) is 6.07 Å². The van der Waals surface area contributed by atoms with Crippen molar-refractivity contribution in [2.45, 2.75) is 26.4 Å². The summed E-state index contributed by atoms with van der Waals surface area (Å²) in [7, 11) is 1.34. The highest BCUT2D eigenvalue weighted by Crippen LogP contribution is 2.37. The van der Waals surface area contributed by atoms with E-state index in [1.54, 1.807) is 39.0 Å². The smallest absolute Gasteiger partial charge is 0.420 e. The normalized spacial score (nSPS) is 11.2. The lowest BCUT2D eigenvalue weighted by molar-refractivity contribution is -0.385. The van der Waals surface area contributed by atoms with Gasteiger partial charge in [-0.15, -0.1) is 0 Å². The third kappa shape index (κ3) is 4.48. The lowest BCUT2D eigenvalue weighted by Crippen LogP contribution is -2.34. The van der Waals surface area contributed by atoms with Crippen molar-refractivity contribution in [1.82, 2.24) is 9.97 Å². The Morgan fingerprint density at radius 2 is 1.93 bits per heavy atom. The molecule has 30 heavy (non-hydrogen) atoms. The fourth-order valence-corrected chi connectivity index (χ4v) is 3.17. The number of hydrogen-bond donors (Lipinski definition) is 0. The quantitative estimate of drug-likeness (QED) is 0.368. The number of nitrogens with zero attached hydrogens (tertiary/aromatic N) is 4. The Morgan fingerprint density at radius 1 is 1.20 bits per heavy atom. The van der Waals surface area contributed by atoms with Crippen LogP contribution in [0.25, 0.3) is 10.9 Å². The van der Waals surface area contributed by atoms with E-state index in [1.165, 1.54) is 30.5 Å². The molecule has 1 amide bonds. The van der Waals surface area contributed by atoms with Gasteiger partial charge in [-0.3, -0.25) is 10.1 Å². The molecule has 2 aromatic carbocycles. The maximum Gasteiger partial charge on any atom is 0.420 e. The lowest BCUT2D eigenvalue weighted by Gasteiger charge is -2.27. The predicted molar refractivity (Wildman–Crippen MR) is 115 cm³/mol. The van der Waals surface area contributed by atoms with Crippen molar-refractivity contribution in [3.8, 4) is 5.75 Å². The van der Waals surface area contributed by atoms with Gasteiger partial charge in [-0.1, -0.05) is 22.0 Å². The fourth-order valence-electron chi connectivity index (χ4n) is 2.78. The molecule has 9 nitrogen and oxygen atoms in total. The second-order valence-electron chi connectivity index (χ2n) is 7.29. The van der Waals surface area contributed by atoms with Crippen LogP contribution in [0, 0.1) is 10.1 Å². The van der Waals surface area contributed by atoms with Crippen LogP contribution in [0.2, 0.25) is 0 Å². The monoisotopic (exact) mass is 474 g/mol. The molecule has 0 aliphatic rings. The molecule has 0 spiro atoms. The number of halogens is 1. The molecule has 0 aliphatic carbocycles. The minimum atomic E-state index is -0.764. The van der Waals surface area contributed by atoms with Gasteiger partial charge in [0.15, 0.2) is 11.6 Å². The van der Waals surface area contributed by atoms with Crippen molar-refractivity contribution in [3.05, 3.63) is 57.3 Å². The molecule has 3 rings (SSSR count). The van der Waals surface area contributed by atoms with E-state index in [4.69, 9.17) is 9.47 Å². The molecule has 1 aromatic heterocycles. The first kappa shape index (κ1) is 21.4. The van der Waals surface area contributed by atoms with E-state index < -0.39 is 16.6 Å². The minimum absolute atomic E-state index is 0.0587. The number of hydrogen-bond acceptors (Lipinski definition) is 7. The van der Waals surface area contributed by atoms with E-state index in [0.717, 1.165) is 4.47 Å². The van der Waals surface area contributed by atoms with Gasteiger partial charge in [0.1, 0.15) is 11.9 Å². The molecule has 0 radical (unpaired) electrons. The molecular formula is C20H19BrN4O5. The highest BCUT2D eigenvalue weighted by Gasteiger charge is 2.29. The Balaban J connectivity index is 2.28. The van der Waals surface area contributed by atoms with Crippen LogP contribution < -0.4 is 9.64 Å². The minimum Gasteiger partial charge on any atom is -0.490 e. The summed E-state index contributed by atoms with van der Waals surface area (Å²) in [6.07, 6.45) is 0.595. The molecule has 3 aromatic rings. The number of nitro benzene ring substituents is 1. The van der Waals surface area contributed by atoms with Crippen LogP contribution in [0.4, 0.5) is 22.0 Å². The first-order chi connectivity index (χ1) is 14.1. The van der Waals surface area contributed by atoms with Crippen molar-refractivity contribution in [2.24, 2.45) is 0 Å². The van der Waals surface area contributed by atoms with Crippen molar-refractivity contribution in [2.75, 3.05) is 12.0 Å². The third-order valence-corrected chi connectivity index (χ3v) is 4.46. The number of rotatable bonds is 4. The number of nitro groups is 1. The number of benzene rings is 2. The summed E-state index contributed by atoms with van der Waals surface area (Å²) in [5, 5.41) is 11.8. The molecule has 1 heterocycles. The summed E-state index contributed by atoms with van der Waals surface area (Å²) in [4.78, 5) is 33.8. The molecule has 0 saturated heterocycles. The molecular weight excluding hydrogens is 456 g/mol. The van der Waals surface area contributed by atoms with Crippen molar-refractivity contribution < 1.29 is 19.2 Å². The van der Waals surface area contributed by atoms with Gasteiger partial charge in [-0.2, -0.15) is 0 Å². The molecule has 0 unspecified atom stereocenters. The maximum absolute atomic E-state index is 13.1. The predicted octanol–water partition coefficient (Wildman–Crippen LogP) is 5.38. The maximum atomic E-state index is 13.1. The van der Waals surface area contributed by atoms with Gasteiger partial charge >= 0.3 is 11.8 Å². The standard InChI is InChI=1S/C20H19BrN4O5/c1-20(2,3)30-19(26)24(13-7-5-6-12(21)8-13)18-14-9-16(25(27)28)17(29-4)10-15(14)22-11-23-18/h5-11H,1-4H3. The van der Waals surface area contributed by atoms with E-state index >= 15 is 0 Å². The van der Waals surface area contributed by atoms with E-state index in [0.29, 0.717) is 16.6 Å².